The van der Waals surface area contributed by atoms with Gasteiger partial charge in [-0.2, -0.15) is 0 Å². The van der Waals surface area contributed by atoms with Crippen LogP contribution in [0.5, 0.6) is 0 Å². The Hall–Kier alpha value is -2.34. The minimum atomic E-state index is -0.372. The lowest BCUT2D eigenvalue weighted by atomic mass is 10.2. The zero-order valence-electron chi connectivity index (χ0n) is 10.5. The maximum Gasteiger partial charge on any atom is 0.273 e. The highest BCUT2D eigenvalue weighted by Gasteiger charge is 2.11. The minimum absolute atomic E-state index is 0.130. The van der Waals surface area contributed by atoms with E-state index in [9.17, 15) is 10.1 Å². The van der Waals surface area contributed by atoms with E-state index in [0.29, 0.717) is 18.7 Å². The third-order valence-electron chi connectivity index (χ3n) is 2.64. The number of benzene rings is 1. The molecule has 98 valence electrons. The topological polar surface area (TPSA) is 81.0 Å². The van der Waals surface area contributed by atoms with Crippen LogP contribution in [0.15, 0.2) is 36.7 Å². The van der Waals surface area contributed by atoms with E-state index in [0.717, 1.165) is 11.4 Å². The lowest BCUT2D eigenvalue weighted by Gasteiger charge is -2.05. The van der Waals surface area contributed by atoms with Crippen LogP contribution in [0.25, 0.3) is 0 Å². The van der Waals surface area contributed by atoms with E-state index in [-0.39, 0.29) is 10.6 Å². The molecule has 0 atom stereocenters. The molecule has 0 aliphatic carbocycles. The number of aromatic nitrogens is 2. The number of nitro groups is 1. The molecular weight excluding hydrogens is 244 g/mol. The molecule has 2 aromatic rings. The van der Waals surface area contributed by atoms with Crippen LogP contribution in [-0.2, 0) is 13.1 Å². The Morgan fingerprint density at radius 3 is 2.68 bits per heavy atom. The molecule has 0 aliphatic rings. The zero-order valence-corrected chi connectivity index (χ0v) is 10.5. The predicted molar refractivity (Wildman–Crippen MR) is 70.4 cm³/mol. The lowest BCUT2D eigenvalue weighted by Crippen LogP contribution is -2.15. The van der Waals surface area contributed by atoms with Crippen LogP contribution in [0.2, 0.25) is 0 Å². The normalized spacial score (nSPS) is 10.4. The van der Waals surface area contributed by atoms with E-state index < -0.39 is 0 Å². The Bertz CT molecular complexity index is 569. The fraction of sp³-hybridized carbons (Fsp3) is 0.231. The zero-order chi connectivity index (χ0) is 13.7. The molecule has 0 radical (unpaired) electrons. The van der Waals surface area contributed by atoms with Gasteiger partial charge in [-0.15, -0.1) is 0 Å². The van der Waals surface area contributed by atoms with Crippen LogP contribution in [0.3, 0.4) is 0 Å². The largest absolute Gasteiger partial charge is 0.307 e. The van der Waals surface area contributed by atoms with E-state index in [1.165, 1.54) is 6.07 Å². The first-order valence-corrected chi connectivity index (χ1v) is 5.87. The van der Waals surface area contributed by atoms with Gasteiger partial charge in [0, 0.05) is 37.1 Å². The van der Waals surface area contributed by atoms with Gasteiger partial charge < -0.3 is 5.32 Å². The molecule has 1 aromatic carbocycles. The Morgan fingerprint density at radius 1 is 1.21 bits per heavy atom. The molecular formula is C13H14N4O2. The summed E-state index contributed by atoms with van der Waals surface area (Å²) in [6, 6.07) is 6.69. The third-order valence-corrected chi connectivity index (χ3v) is 2.64. The van der Waals surface area contributed by atoms with E-state index in [1.54, 1.807) is 30.6 Å². The van der Waals surface area contributed by atoms with Gasteiger partial charge in [-0.25, -0.2) is 0 Å². The molecule has 19 heavy (non-hydrogen) atoms. The summed E-state index contributed by atoms with van der Waals surface area (Å²) in [5.74, 6) is 0. The molecule has 0 aliphatic heterocycles. The van der Waals surface area contributed by atoms with Crippen molar-refractivity contribution in [3.63, 3.8) is 0 Å². The maximum absolute atomic E-state index is 10.8. The second-order valence-electron chi connectivity index (χ2n) is 4.14. The summed E-state index contributed by atoms with van der Waals surface area (Å²) >= 11 is 0. The van der Waals surface area contributed by atoms with Gasteiger partial charge in [0.2, 0.25) is 0 Å². The summed E-state index contributed by atoms with van der Waals surface area (Å²) in [5, 5.41) is 14.0. The Balaban J connectivity index is 1.96. The number of nitrogens with one attached hydrogen (secondary N) is 1. The molecule has 0 amide bonds. The van der Waals surface area contributed by atoms with Crippen LogP contribution in [0.4, 0.5) is 5.69 Å². The van der Waals surface area contributed by atoms with E-state index >= 15 is 0 Å². The van der Waals surface area contributed by atoms with Crippen molar-refractivity contribution >= 4 is 5.69 Å². The van der Waals surface area contributed by atoms with E-state index in [2.05, 4.69) is 15.3 Å². The van der Waals surface area contributed by atoms with Gasteiger partial charge in [0.15, 0.2) is 0 Å². The average Bonchev–Trinajstić information content (AvgIpc) is 2.41. The molecule has 1 heterocycles. The van der Waals surface area contributed by atoms with E-state index in [1.807, 2.05) is 6.92 Å². The molecule has 6 nitrogen and oxygen atoms in total. The smallest absolute Gasteiger partial charge is 0.273 e. The van der Waals surface area contributed by atoms with Gasteiger partial charge in [-0.1, -0.05) is 18.2 Å². The first kappa shape index (κ1) is 13.1. The highest BCUT2D eigenvalue weighted by Crippen LogP contribution is 2.17. The van der Waals surface area contributed by atoms with Crippen molar-refractivity contribution in [3.8, 4) is 0 Å². The van der Waals surface area contributed by atoms with Crippen molar-refractivity contribution in [1.29, 1.82) is 0 Å². The van der Waals surface area contributed by atoms with Gasteiger partial charge in [0.05, 0.1) is 16.3 Å². The lowest BCUT2D eigenvalue weighted by molar-refractivity contribution is -0.385. The Morgan fingerprint density at radius 2 is 2.00 bits per heavy atom. The van der Waals surface area contributed by atoms with Crippen molar-refractivity contribution in [1.82, 2.24) is 15.3 Å². The standard InChI is InChI=1S/C13H14N4O2/c1-10-6-16-12(9-15-10)8-14-7-11-4-2-3-5-13(11)17(18)19/h2-6,9,14H,7-8H2,1H3. The fourth-order valence-electron chi connectivity index (χ4n) is 1.67. The number of hydrogen-bond donors (Lipinski definition) is 1. The van der Waals surface area contributed by atoms with Crippen LogP contribution in [-0.4, -0.2) is 14.9 Å². The third kappa shape index (κ3) is 3.56. The van der Waals surface area contributed by atoms with Crippen molar-refractivity contribution in [2.75, 3.05) is 0 Å². The maximum atomic E-state index is 10.8. The van der Waals surface area contributed by atoms with E-state index in [4.69, 9.17) is 0 Å². The summed E-state index contributed by atoms with van der Waals surface area (Å²) in [4.78, 5) is 18.8. The van der Waals surface area contributed by atoms with Crippen molar-refractivity contribution < 1.29 is 4.92 Å². The number of rotatable bonds is 5. The highest BCUT2D eigenvalue weighted by molar-refractivity contribution is 5.39. The van der Waals surface area contributed by atoms with Crippen LogP contribution in [0.1, 0.15) is 17.0 Å². The molecule has 1 aromatic heterocycles. The van der Waals surface area contributed by atoms with Gasteiger partial charge in [0.25, 0.3) is 5.69 Å². The van der Waals surface area contributed by atoms with Gasteiger partial charge >= 0.3 is 0 Å². The summed E-state index contributed by atoms with van der Waals surface area (Å²) in [6.45, 7) is 2.82. The minimum Gasteiger partial charge on any atom is -0.307 e. The number of para-hydroxylation sites is 1. The quantitative estimate of drug-likeness (QED) is 0.655. The highest BCUT2D eigenvalue weighted by atomic mass is 16.6. The monoisotopic (exact) mass is 258 g/mol. The summed E-state index contributed by atoms with van der Waals surface area (Å²) in [5.41, 5.74) is 2.46. The number of hydrogen-bond acceptors (Lipinski definition) is 5. The molecule has 1 N–H and O–H groups in total. The number of aryl methyl sites for hydroxylation is 1. The fourth-order valence-corrected chi connectivity index (χ4v) is 1.67. The molecule has 6 heteroatoms. The molecule has 0 bridgehead atoms. The first-order chi connectivity index (χ1) is 9.16. The van der Waals surface area contributed by atoms with Crippen molar-refractivity contribution in [2.45, 2.75) is 20.0 Å². The second-order valence-corrected chi connectivity index (χ2v) is 4.14. The van der Waals surface area contributed by atoms with Crippen LogP contribution < -0.4 is 5.32 Å². The van der Waals surface area contributed by atoms with Gasteiger partial charge in [0.1, 0.15) is 0 Å². The molecule has 0 spiro atoms. The van der Waals surface area contributed by atoms with Crippen molar-refractivity contribution in [3.05, 3.63) is 63.7 Å². The molecule has 0 saturated carbocycles. The SMILES string of the molecule is Cc1cnc(CNCc2ccccc2[N+](=O)[O-])cn1. The number of nitro benzene ring substituents is 1. The summed E-state index contributed by atoms with van der Waals surface area (Å²) < 4.78 is 0. The number of nitrogens with zero attached hydrogens (tertiary/aromatic N) is 3. The Labute approximate surface area is 110 Å². The Kier molecular flexibility index (Phi) is 4.15. The van der Waals surface area contributed by atoms with Crippen molar-refractivity contribution in [2.24, 2.45) is 0 Å². The first-order valence-electron chi connectivity index (χ1n) is 5.87. The predicted octanol–water partition coefficient (Wildman–Crippen LogP) is 1.98. The van der Waals surface area contributed by atoms with Crippen LogP contribution in [0, 0.1) is 17.0 Å². The molecule has 0 fully saturated rings. The van der Waals surface area contributed by atoms with Crippen LogP contribution >= 0.6 is 0 Å². The molecule has 0 unspecified atom stereocenters. The molecule has 0 saturated heterocycles. The summed E-state index contributed by atoms with van der Waals surface area (Å²) in [6.07, 6.45) is 3.39. The average molecular weight is 258 g/mol. The summed E-state index contributed by atoms with van der Waals surface area (Å²) in [7, 11) is 0. The van der Waals surface area contributed by atoms with Gasteiger partial charge in [-0.05, 0) is 6.92 Å². The van der Waals surface area contributed by atoms with Gasteiger partial charge in [-0.3, -0.25) is 20.1 Å². The second kappa shape index (κ2) is 6.01. The molecule has 2 rings (SSSR count).